The minimum Gasteiger partial charge on any atom is -0.352 e. The van der Waals surface area contributed by atoms with Crippen LogP contribution in [0.4, 0.5) is 11.4 Å². The van der Waals surface area contributed by atoms with Crippen LogP contribution in [-0.2, 0) is 17.8 Å². The Hall–Kier alpha value is -3.15. The van der Waals surface area contributed by atoms with Crippen LogP contribution in [0.1, 0.15) is 28.7 Å². The van der Waals surface area contributed by atoms with Gasteiger partial charge in [-0.25, -0.2) is 0 Å². The summed E-state index contributed by atoms with van der Waals surface area (Å²) in [4.78, 5) is 35.3. The molecule has 10 nitrogen and oxygen atoms in total. The number of amides is 2. The topological polar surface area (TPSA) is 132 Å². The predicted octanol–water partition coefficient (Wildman–Crippen LogP) is 4.52. The van der Waals surface area contributed by atoms with Gasteiger partial charge in [0.2, 0.25) is 5.91 Å². The number of aromatic nitrogens is 3. The first kappa shape index (κ1) is 26.5. The van der Waals surface area contributed by atoms with E-state index in [0.29, 0.717) is 57.4 Å². The third-order valence-electron chi connectivity index (χ3n) is 4.95. The molecule has 0 saturated heterocycles. The molecule has 2 amide bonds. The highest BCUT2D eigenvalue weighted by Crippen LogP contribution is 2.24. The van der Waals surface area contributed by atoms with Gasteiger partial charge in [0.15, 0.2) is 5.16 Å². The Morgan fingerprint density at radius 3 is 2.60 bits per heavy atom. The molecule has 0 bridgehead atoms. The van der Waals surface area contributed by atoms with E-state index in [0.717, 1.165) is 0 Å². The lowest BCUT2D eigenvalue weighted by molar-refractivity contribution is -0.385. The molecule has 13 heteroatoms. The molecule has 2 aromatic carbocycles. The van der Waals surface area contributed by atoms with Gasteiger partial charge in [-0.15, -0.1) is 10.2 Å². The molecule has 0 aliphatic rings. The van der Waals surface area contributed by atoms with E-state index in [9.17, 15) is 19.7 Å². The van der Waals surface area contributed by atoms with Crippen molar-refractivity contribution in [3.63, 3.8) is 0 Å². The molecule has 0 aliphatic heterocycles. The number of thioether (sulfide) groups is 1. The van der Waals surface area contributed by atoms with Crippen LogP contribution in [0.15, 0.2) is 41.6 Å². The number of nitro groups is 1. The maximum absolute atomic E-state index is 12.4. The average molecular weight is 537 g/mol. The molecule has 2 N–H and O–H groups in total. The van der Waals surface area contributed by atoms with Crippen molar-refractivity contribution in [2.45, 2.75) is 32.0 Å². The maximum atomic E-state index is 12.4. The smallest absolute Gasteiger partial charge is 0.274 e. The van der Waals surface area contributed by atoms with E-state index in [1.54, 1.807) is 31.2 Å². The lowest BCUT2D eigenvalue weighted by atomic mass is 10.2. The Bertz CT molecular complexity index is 1270. The fraction of sp³-hybridized carbons (Fsp3) is 0.273. The molecule has 0 unspecified atom stereocenters. The monoisotopic (exact) mass is 536 g/mol. The summed E-state index contributed by atoms with van der Waals surface area (Å²) in [5.74, 6) is 0.107. The Balaban J connectivity index is 1.54. The van der Waals surface area contributed by atoms with Crippen molar-refractivity contribution in [1.82, 2.24) is 20.1 Å². The van der Waals surface area contributed by atoms with Crippen molar-refractivity contribution in [3.05, 3.63) is 73.5 Å². The van der Waals surface area contributed by atoms with Crippen molar-refractivity contribution in [3.8, 4) is 0 Å². The van der Waals surface area contributed by atoms with Crippen LogP contribution in [0, 0.1) is 17.0 Å². The van der Waals surface area contributed by atoms with E-state index < -0.39 is 4.92 Å². The van der Waals surface area contributed by atoms with Gasteiger partial charge >= 0.3 is 0 Å². The van der Waals surface area contributed by atoms with Crippen molar-refractivity contribution in [1.29, 1.82) is 0 Å². The first-order valence-corrected chi connectivity index (χ1v) is 12.3. The van der Waals surface area contributed by atoms with Crippen LogP contribution in [0.25, 0.3) is 0 Å². The number of carbonyl (C=O) groups excluding carboxylic acids is 2. The Labute approximate surface area is 215 Å². The number of anilines is 1. The second-order valence-electron chi connectivity index (χ2n) is 7.37. The SMILES string of the molecule is CCn1c(CCNC(=O)c2ccc(Cl)c(Cl)c2)nnc1SCC(=O)Nc1ccc(C)c([N+](=O)[O-])c1. The zero-order chi connectivity index (χ0) is 25.5. The molecule has 0 saturated carbocycles. The molecule has 3 aromatic rings. The number of hydrogen-bond donors (Lipinski definition) is 2. The largest absolute Gasteiger partial charge is 0.352 e. The second-order valence-corrected chi connectivity index (χ2v) is 9.13. The fourth-order valence-electron chi connectivity index (χ4n) is 3.17. The fourth-order valence-corrected chi connectivity index (χ4v) is 4.29. The number of nitrogens with one attached hydrogen (secondary N) is 2. The normalized spacial score (nSPS) is 10.7. The zero-order valence-electron chi connectivity index (χ0n) is 18.9. The summed E-state index contributed by atoms with van der Waals surface area (Å²) in [5.41, 5.74) is 1.21. The molecule has 0 atom stereocenters. The molecule has 1 heterocycles. The first-order chi connectivity index (χ1) is 16.7. The Kier molecular flexibility index (Phi) is 9.07. The van der Waals surface area contributed by atoms with E-state index in [1.807, 2.05) is 11.5 Å². The number of nitro benzene ring substituents is 1. The Morgan fingerprint density at radius 1 is 1.14 bits per heavy atom. The Morgan fingerprint density at radius 2 is 1.91 bits per heavy atom. The summed E-state index contributed by atoms with van der Waals surface area (Å²) in [5, 5.41) is 26.1. The number of hydrogen-bond acceptors (Lipinski definition) is 7. The minimum atomic E-state index is -0.488. The summed E-state index contributed by atoms with van der Waals surface area (Å²) in [7, 11) is 0. The second kappa shape index (κ2) is 12.0. The van der Waals surface area contributed by atoms with E-state index in [-0.39, 0.29) is 23.3 Å². The van der Waals surface area contributed by atoms with Gasteiger partial charge in [-0.05, 0) is 38.1 Å². The summed E-state index contributed by atoms with van der Waals surface area (Å²) in [6, 6.07) is 9.18. The number of rotatable bonds is 10. The third kappa shape index (κ3) is 6.93. The zero-order valence-corrected chi connectivity index (χ0v) is 21.2. The summed E-state index contributed by atoms with van der Waals surface area (Å²) in [6.45, 7) is 4.47. The van der Waals surface area contributed by atoms with Crippen LogP contribution < -0.4 is 10.6 Å². The van der Waals surface area contributed by atoms with Crippen LogP contribution in [-0.4, -0.2) is 43.8 Å². The van der Waals surface area contributed by atoms with Crippen LogP contribution in [0.2, 0.25) is 10.0 Å². The maximum Gasteiger partial charge on any atom is 0.274 e. The number of benzene rings is 2. The lowest BCUT2D eigenvalue weighted by Gasteiger charge is -2.09. The standard InChI is InChI=1S/C22H22Cl2N6O4S/c1-3-29-19(8-9-25-21(32)14-5-7-16(23)17(24)10-14)27-28-22(29)35-12-20(31)26-15-6-4-13(2)18(11-15)30(33)34/h4-7,10-11H,3,8-9,12H2,1-2H3,(H,25,32)(H,26,31). The summed E-state index contributed by atoms with van der Waals surface area (Å²) in [6.07, 6.45) is 0.438. The highest BCUT2D eigenvalue weighted by Gasteiger charge is 2.16. The van der Waals surface area contributed by atoms with Gasteiger partial charge in [-0.1, -0.05) is 41.0 Å². The molecule has 184 valence electrons. The highest BCUT2D eigenvalue weighted by molar-refractivity contribution is 7.99. The van der Waals surface area contributed by atoms with Crippen molar-refractivity contribution in [2.75, 3.05) is 17.6 Å². The molecule has 0 fully saturated rings. The van der Waals surface area contributed by atoms with E-state index >= 15 is 0 Å². The number of nitrogens with zero attached hydrogens (tertiary/aromatic N) is 4. The van der Waals surface area contributed by atoms with Crippen molar-refractivity contribution >= 4 is 58.2 Å². The van der Waals surface area contributed by atoms with Gasteiger partial charge in [-0.2, -0.15) is 0 Å². The van der Waals surface area contributed by atoms with Crippen LogP contribution in [0.3, 0.4) is 0 Å². The van der Waals surface area contributed by atoms with Crippen molar-refractivity contribution < 1.29 is 14.5 Å². The quantitative estimate of drug-likeness (QED) is 0.221. The number of carbonyl (C=O) groups is 2. The molecule has 35 heavy (non-hydrogen) atoms. The van der Waals surface area contributed by atoms with Gasteiger partial charge in [0, 0.05) is 42.4 Å². The minimum absolute atomic E-state index is 0.0495. The summed E-state index contributed by atoms with van der Waals surface area (Å²) < 4.78 is 1.86. The van der Waals surface area contributed by atoms with Gasteiger partial charge in [-0.3, -0.25) is 19.7 Å². The number of halogens is 2. The van der Waals surface area contributed by atoms with Crippen LogP contribution >= 0.6 is 35.0 Å². The lowest BCUT2D eigenvalue weighted by Crippen LogP contribution is -2.26. The van der Waals surface area contributed by atoms with Gasteiger partial charge in [0.25, 0.3) is 11.6 Å². The van der Waals surface area contributed by atoms with Gasteiger partial charge < -0.3 is 15.2 Å². The van der Waals surface area contributed by atoms with E-state index in [2.05, 4.69) is 20.8 Å². The highest BCUT2D eigenvalue weighted by atomic mass is 35.5. The average Bonchev–Trinajstić information content (AvgIpc) is 3.22. The van der Waals surface area contributed by atoms with Crippen molar-refractivity contribution in [2.24, 2.45) is 0 Å². The summed E-state index contributed by atoms with van der Waals surface area (Å²) >= 11 is 13.0. The van der Waals surface area contributed by atoms with Gasteiger partial charge in [0.1, 0.15) is 5.82 Å². The third-order valence-corrected chi connectivity index (χ3v) is 6.65. The molecule has 1 aromatic heterocycles. The molecule has 3 rings (SSSR count). The van der Waals surface area contributed by atoms with Gasteiger partial charge in [0.05, 0.1) is 20.7 Å². The van der Waals surface area contributed by atoms with Crippen LogP contribution in [0.5, 0.6) is 0 Å². The molecular formula is C22H22Cl2N6O4S. The number of aryl methyl sites for hydroxylation is 1. The van der Waals surface area contributed by atoms with E-state index in [4.69, 9.17) is 23.2 Å². The predicted molar refractivity (Wildman–Crippen MR) is 135 cm³/mol. The molecule has 0 spiro atoms. The molecular weight excluding hydrogens is 515 g/mol. The van der Waals surface area contributed by atoms with E-state index in [1.165, 1.54) is 23.9 Å². The molecule has 0 aliphatic carbocycles. The first-order valence-electron chi connectivity index (χ1n) is 10.5. The molecule has 0 radical (unpaired) electrons.